The molecule has 3 radical (unpaired) electrons. The fourth-order valence-corrected chi connectivity index (χ4v) is 0.678. The molecule has 0 aromatic heterocycles. The summed E-state index contributed by atoms with van der Waals surface area (Å²) in [6, 6.07) is -0.742. The van der Waals surface area contributed by atoms with Gasteiger partial charge in [0.2, 0.25) is 0 Å². The van der Waals surface area contributed by atoms with Crippen molar-refractivity contribution in [1.82, 2.24) is 4.90 Å². The highest BCUT2D eigenvalue weighted by Crippen LogP contribution is 2.10. The first-order chi connectivity index (χ1) is 5.22. The zero-order chi connectivity index (χ0) is 8.27. The second-order valence-electron chi connectivity index (χ2n) is 2.03. The Balaban J connectivity index is 2.26. The highest BCUT2D eigenvalue weighted by Gasteiger charge is 2.21. The molecule has 5 heteroatoms. The molecule has 0 aromatic rings. The molecule has 0 spiro atoms. The summed E-state index contributed by atoms with van der Waals surface area (Å²) >= 11 is 0. The summed E-state index contributed by atoms with van der Waals surface area (Å²) in [5, 5.41) is 0. The average Bonchev–Trinajstić information content (AvgIpc) is 2.34. The maximum absolute atomic E-state index is 11.8. The van der Waals surface area contributed by atoms with Crippen LogP contribution in [-0.4, -0.2) is 36.9 Å². The van der Waals surface area contributed by atoms with Gasteiger partial charge < -0.3 is 4.90 Å². The van der Waals surface area contributed by atoms with Gasteiger partial charge in [-0.1, -0.05) is 0 Å². The quantitative estimate of drug-likeness (QED) is 0.602. The number of nitrogens with zero attached hydrogens (tertiary/aromatic N) is 2. The number of rotatable bonds is 3. The van der Waals surface area contributed by atoms with Crippen molar-refractivity contribution in [1.29, 1.82) is 0 Å². The lowest BCUT2D eigenvalue weighted by Gasteiger charge is -2.10. The van der Waals surface area contributed by atoms with Crippen LogP contribution in [0.4, 0.5) is 13.2 Å². The fourth-order valence-electron chi connectivity index (χ4n) is 0.678. The van der Waals surface area contributed by atoms with E-state index in [4.69, 9.17) is 0 Å². The Morgan fingerprint density at radius 1 is 1.55 bits per heavy atom. The van der Waals surface area contributed by atoms with Crippen LogP contribution >= 0.6 is 0 Å². The Bertz CT molecular complexity index is 149. The molecule has 61 valence electrons. The second-order valence-corrected chi connectivity index (χ2v) is 2.03. The third-order valence-corrected chi connectivity index (χ3v) is 1.11. The Morgan fingerprint density at radius 3 is 2.73 bits per heavy atom. The zero-order valence-corrected chi connectivity index (χ0v) is 5.60. The summed E-state index contributed by atoms with van der Waals surface area (Å²) in [6.45, 7) is 1.14. The standard InChI is InChI=1S/C6H6F3N2/c7-1-5-2-11(4-10-5)3-6(8)9/h5-6H,1,3H2. The van der Waals surface area contributed by atoms with E-state index in [2.05, 4.69) is 17.9 Å². The van der Waals surface area contributed by atoms with Crippen molar-refractivity contribution in [3.63, 3.8) is 0 Å². The van der Waals surface area contributed by atoms with E-state index in [1.807, 2.05) is 0 Å². The van der Waals surface area contributed by atoms with Crippen molar-refractivity contribution in [3.8, 4) is 0 Å². The number of alkyl halides is 3. The lowest BCUT2D eigenvalue weighted by atomic mass is 10.3. The number of aliphatic imine (C=N–C) groups is 1. The van der Waals surface area contributed by atoms with Gasteiger partial charge in [0, 0.05) is 0 Å². The molecule has 1 aliphatic heterocycles. The van der Waals surface area contributed by atoms with Crippen LogP contribution in [0.25, 0.3) is 0 Å². The predicted octanol–water partition coefficient (Wildman–Crippen LogP) is 0.849. The van der Waals surface area contributed by atoms with Crippen LogP contribution in [0.5, 0.6) is 0 Å². The van der Waals surface area contributed by atoms with Crippen LogP contribution in [0.1, 0.15) is 0 Å². The van der Waals surface area contributed by atoms with Crippen LogP contribution in [0, 0.1) is 6.54 Å². The molecule has 0 aromatic carbocycles. The maximum atomic E-state index is 11.8. The van der Waals surface area contributed by atoms with Crippen LogP contribution in [0.3, 0.4) is 0 Å². The SMILES string of the molecule is FCC1[C]N(CC(F)F)[C]=N1. The van der Waals surface area contributed by atoms with Crippen molar-refractivity contribution >= 4 is 6.34 Å². The Kier molecular flexibility index (Phi) is 2.73. The van der Waals surface area contributed by atoms with E-state index in [1.54, 1.807) is 0 Å². The molecule has 11 heavy (non-hydrogen) atoms. The number of halogens is 3. The topological polar surface area (TPSA) is 15.6 Å². The third kappa shape index (κ3) is 2.40. The first-order valence-electron chi connectivity index (χ1n) is 3.05. The summed E-state index contributed by atoms with van der Waals surface area (Å²) in [6.07, 6.45) is -0.253. The maximum Gasteiger partial charge on any atom is 0.255 e. The smallest absolute Gasteiger partial charge is 0.255 e. The van der Waals surface area contributed by atoms with E-state index >= 15 is 0 Å². The van der Waals surface area contributed by atoms with Crippen LogP contribution < -0.4 is 0 Å². The van der Waals surface area contributed by atoms with Crippen molar-refractivity contribution in [2.24, 2.45) is 4.99 Å². The highest BCUT2D eigenvalue weighted by atomic mass is 19.3. The van der Waals surface area contributed by atoms with Crippen LogP contribution in [0.2, 0.25) is 0 Å². The molecule has 2 nitrogen and oxygen atoms in total. The highest BCUT2D eigenvalue weighted by molar-refractivity contribution is 5.59. The normalized spacial score (nSPS) is 23.6. The first kappa shape index (κ1) is 8.36. The summed E-state index contributed by atoms with van der Waals surface area (Å²) in [5.41, 5.74) is 0. The van der Waals surface area contributed by atoms with Gasteiger partial charge in [0.1, 0.15) is 19.3 Å². The van der Waals surface area contributed by atoms with Gasteiger partial charge in [0.15, 0.2) is 6.34 Å². The monoisotopic (exact) mass is 163 g/mol. The summed E-state index contributed by atoms with van der Waals surface area (Å²) in [7, 11) is 0. The van der Waals surface area contributed by atoms with Crippen molar-refractivity contribution in [2.45, 2.75) is 12.5 Å². The lowest BCUT2D eigenvalue weighted by Crippen LogP contribution is -2.24. The molecule has 1 unspecified atom stereocenters. The summed E-state index contributed by atoms with van der Waals surface area (Å²) in [5.74, 6) is 0. The molecule has 0 amide bonds. The molecule has 1 atom stereocenters. The molecule has 1 aliphatic rings. The summed E-state index contributed by atoms with van der Waals surface area (Å²) < 4.78 is 35.1. The van der Waals surface area contributed by atoms with Gasteiger partial charge in [0.25, 0.3) is 6.43 Å². The molecule has 1 heterocycles. The number of hydrogen-bond donors (Lipinski definition) is 0. The molecule has 0 fully saturated rings. The van der Waals surface area contributed by atoms with Crippen LogP contribution in [-0.2, 0) is 0 Å². The minimum Gasteiger partial charge on any atom is -0.335 e. The Labute approximate surface area is 62.7 Å². The summed E-state index contributed by atoms with van der Waals surface area (Å²) in [4.78, 5) is 4.40. The minimum absolute atomic E-state index is 0.514. The van der Waals surface area contributed by atoms with Gasteiger partial charge >= 0.3 is 0 Å². The lowest BCUT2D eigenvalue weighted by molar-refractivity contribution is 0.125. The molecular weight excluding hydrogens is 157 g/mol. The van der Waals surface area contributed by atoms with Gasteiger partial charge in [0.05, 0.1) is 6.54 Å². The minimum atomic E-state index is -2.47. The van der Waals surface area contributed by atoms with Crippen molar-refractivity contribution in [2.75, 3.05) is 13.2 Å². The van der Waals surface area contributed by atoms with E-state index in [0.717, 1.165) is 4.90 Å². The van der Waals surface area contributed by atoms with Crippen molar-refractivity contribution in [3.05, 3.63) is 6.54 Å². The largest absolute Gasteiger partial charge is 0.335 e. The van der Waals surface area contributed by atoms with Gasteiger partial charge in [-0.25, -0.2) is 13.2 Å². The molecule has 0 N–H and O–H groups in total. The van der Waals surface area contributed by atoms with E-state index in [1.165, 1.54) is 0 Å². The fraction of sp³-hybridized carbons (Fsp3) is 0.667. The van der Waals surface area contributed by atoms with E-state index < -0.39 is 25.7 Å². The zero-order valence-electron chi connectivity index (χ0n) is 5.60. The molecule has 0 aliphatic carbocycles. The van der Waals surface area contributed by atoms with E-state index in [9.17, 15) is 13.2 Å². The Morgan fingerprint density at radius 2 is 2.27 bits per heavy atom. The molecule has 0 bridgehead atoms. The van der Waals surface area contributed by atoms with Crippen LogP contribution in [0.15, 0.2) is 4.99 Å². The van der Waals surface area contributed by atoms with Gasteiger partial charge in [-0.3, -0.25) is 4.99 Å². The molecule has 1 rings (SSSR count). The molecule has 0 saturated carbocycles. The second kappa shape index (κ2) is 3.59. The average molecular weight is 163 g/mol. The predicted molar refractivity (Wildman–Crippen MR) is 33.2 cm³/mol. The number of hydrogen-bond acceptors (Lipinski definition) is 2. The third-order valence-electron chi connectivity index (χ3n) is 1.11. The van der Waals surface area contributed by atoms with E-state index in [-0.39, 0.29) is 0 Å². The molecule has 0 saturated heterocycles. The van der Waals surface area contributed by atoms with Crippen molar-refractivity contribution < 1.29 is 13.2 Å². The van der Waals surface area contributed by atoms with E-state index in [0.29, 0.717) is 0 Å². The van der Waals surface area contributed by atoms with Gasteiger partial charge in [-0.2, -0.15) is 0 Å². The van der Waals surface area contributed by atoms with Gasteiger partial charge in [-0.15, -0.1) is 0 Å². The Hall–Kier alpha value is -0.740. The molecular formula is C6H6F3N2. The first-order valence-corrected chi connectivity index (χ1v) is 3.05. The van der Waals surface area contributed by atoms with Gasteiger partial charge in [-0.05, 0) is 0 Å².